The van der Waals surface area contributed by atoms with Crippen molar-refractivity contribution < 1.29 is 14.6 Å². The molecule has 0 aliphatic carbocycles. The number of benzene rings is 2. The highest BCUT2D eigenvalue weighted by molar-refractivity contribution is 5.85. The summed E-state index contributed by atoms with van der Waals surface area (Å²) >= 11 is 0. The summed E-state index contributed by atoms with van der Waals surface area (Å²) in [6.45, 7) is 0. The lowest BCUT2D eigenvalue weighted by Gasteiger charge is -2.05. The van der Waals surface area contributed by atoms with Crippen molar-refractivity contribution in [2.45, 2.75) is 12.8 Å². The summed E-state index contributed by atoms with van der Waals surface area (Å²) in [5.74, 6) is -0.205. The van der Waals surface area contributed by atoms with Crippen LogP contribution in [0.4, 0.5) is 0 Å². The predicted octanol–water partition coefficient (Wildman–Crippen LogP) is 2.99. The van der Waals surface area contributed by atoms with E-state index in [4.69, 9.17) is 4.42 Å². The van der Waals surface area contributed by atoms with Gasteiger partial charge in [-0.3, -0.25) is 4.79 Å². The number of aryl methyl sites for hydroxylation is 2. The smallest absolute Gasteiger partial charge is 0.196 e. The molecule has 2 N–H and O–H groups in total. The van der Waals surface area contributed by atoms with E-state index in [1.54, 1.807) is 0 Å². The maximum atomic E-state index is 12.1. The largest absolute Gasteiger partial charge is 0.504 e. The van der Waals surface area contributed by atoms with Crippen molar-refractivity contribution >= 4 is 11.0 Å². The van der Waals surface area contributed by atoms with E-state index in [0.29, 0.717) is 12.2 Å². The Morgan fingerprint density at radius 1 is 0.952 bits per heavy atom. The van der Waals surface area contributed by atoms with Crippen molar-refractivity contribution in [2.75, 3.05) is 0 Å². The number of hydrogen-bond donors (Lipinski definition) is 2. The van der Waals surface area contributed by atoms with Crippen molar-refractivity contribution in [1.82, 2.24) is 0 Å². The van der Waals surface area contributed by atoms with Crippen LogP contribution in [0.25, 0.3) is 11.0 Å². The second kappa shape index (κ2) is 5.32. The van der Waals surface area contributed by atoms with Crippen LogP contribution >= 0.6 is 0 Å². The standard InChI is InChI=1S/C17H14O4/c18-13-8-9-15-16(17(13)20)14(19)10-12(21-15)7-6-11-4-2-1-3-5-11/h1-5,8-10,18,20H,6-7H2. The molecular weight excluding hydrogens is 268 g/mol. The van der Waals surface area contributed by atoms with Gasteiger partial charge in [0.25, 0.3) is 0 Å². The van der Waals surface area contributed by atoms with Crippen LogP contribution in [0.1, 0.15) is 11.3 Å². The number of phenols is 2. The van der Waals surface area contributed by atoms with Gasteiger partial charge >= 0.3 is 0 Å². The van der Waals surface area contributed by atoms with Crippen LogP contribution in [0.5, 0.6) is 11.5 Å². The first-order valence-electron chi connectivity index (χ1n) is 6.67. The molecule has 2 aromatic carbocycles. The highest BCUT2D eigenvalue weighted by atomic mass is 16.3. The van der Waals surface area contributed by atoms with Gasteiger partial charge in [0, 0.05) is 12.5 Å². The van der Waals surface area contributed by atoms with Gasteiger partial charge in [-0.05, 0) is 24.1 Å². The third-order valence-electron chi connectivity index (χ3n) is 3.40. The number of hydrogen-bond acceptors (Lipinski definition) is 4. The van der Waals surface area contributed by atoms with Gasteiger partial charge in [0.05, 0.1) is 0 Å². The Bertz CT molecular complexity index is 835. The molecule has 0 radical (unpaired) electrons. The molecule has 4 nitrogen and oxygen atoms in total. The molecule has 0 aliphatic rings. The van der Waals surface area contributed by atoms with Crippen molar-refractivity contribution in [3.05, 3.63) is 70.1 Å². The van der Waals surface area contributed by atoms with Crippen LogP contribution in [0, 0.1) is 0 Å². The van der Waals surface area contributed by atoms with Crippen molar-refractivity contribution in [2.24, 2.45) is 0 Å². The fraction of sp³-hybridized carbons (Fsp3) is 0.118. The average molecular weight is 282 g/mol. The Labute approximate surface area is 120 Å². The number of rotatable bonds is 3. The van der Waals surface area contributed by atoms with E-state index in [9.17, 15) is 15.0 Å². The van der Waals surface area contributed by atoms with Crippen molar-refractivity contribution in [3.8, 4) is 11.5 Å². The predicted molar refractivity (Wildman–Crippen MR) is 79.7 cm³/mol. The molecule has 106 valence electrons. The second-order valence-corrected chi connectivity index (χ2v) is 4.87. The molecule has 0 unspecified atom stereocenters. The zero-order valence-corrected chi connectivity index (χ0v) is 11.2. The van der Waals surface area contributed by atoms with Gasteiger partial charge in [0.15, 0.2) is 16.9 Å². The first-order chi connectivity index (χ1) is 10.1. The molecule has 3 rings (SSSR count). The maximum Gasteiger partial charge on any atom is 0.196 e. The van der Waals surface area contributed by atoms with E-state index in [-0.39, 0.29) is 22.1 Å². The summed E-state index contributed by atoms with van der Waals surface area (Å²) in [6.07, 6.45) is 1.36. The van der Waals surface area contributed by atoms with Crippen LogP contribution in [0.2, 0.25) is 0 Å². The van der Waals surface area contributed by atoms with Gasteiger partial charge in [-0.1, -0.05) is 30.3 Å². The summed E-state index contributed by atoms with van der Waals surface area (Å²) in [7, 11) is 0. The van der Waals surface area contributed by atoms with Gasteiger partial charge in [0.2, 0.25) is 0 Å². The molecule has 0 saturated carbocycles. The normalized spacial score (nSPS) is 10.9. The molecule has 0 aliphatic heterocycles. The van der Waals surface area contributed by atoms with Crippen LogP contribution in [0.15, 0.2) is 57.7 Å². The molecule has 0 spiro atoms. The van der Waals surface area contributed by atoms with E-state index < -0.39 is 5.75 Å². The average Bonchev–Trinajstić information content (AvgIpc) is 2.50. The molecule has 21 heavy (non-hydrogen) atoms. The van der Waals surface area contributed by atoms with Gasteiger partial charge in [0.1, 0.15) is 16.7 Å². The monoisotopic (exact) mass is 282 g/mol. The quantitative estimate of drug-likeness (QED) is 0.724. The molecule has 1 aromatic heterocycles. The minimum absolute atomic E-state index is 0.0125. The van der Waals surface area contributed by atoms with Crippen molar-refractivity contribution in [1.29, 1.82) is 0 Å². The summed E-state index contributed by atoms with van der Waals surface area (Å²) in [6, 6.07) is 14.1. The summed E-state index contributed by atoms with van der Waals surface area (Å²) in [5.41, 5.74) is 1.09. The lowest BCUT2D eigenvalue weighted by Crippen LogP contribution is -2.03. The van der Waals surface area contributed by atoms with E-state index in [0.717, 1.165) is 12.0 Å². The van der Waals surface area contributed by atoms with Gasteiger partial charge < -0.3 is 14.6 Å². The molecule has 1 heterocycles. The third-order valence-corrected chi connectivity index (χ3v) is 3.40. The summed E-state index contributed by atoms with van der Waals surface area (Å²) in [4.78, 5) is 12.1. The fourth-order valence-corrected chi connectivity index (χ4v) is 2.31. The topological polar surface area (TPSA) is 70.7 Å². The SMILES string of the molecule is O=c1cc(CCc2ccccc2)oc2ccc(O)c(O)c12. The second-order valence-electron chi connectivity index (χ2n) is 4.87. The van der Waals surface area contributed by atoms with E-state index >= 15 is 0 Å². The molecule has 0 amide bonds. The van der Waals surface area contributed by atoms with E-state index in [2.05, 4.69) is 0 Å². The Kier molecular flexibility index (Phi) is 3.36. The highest BCUT2D eigenvalue weighted by Crippen LogP contribution is 2.31. The van der Waals surface area contributed by atoms with Gasteiger partial charge in [-0.25, -0.2) is 0 Å². The van der Waals surface area contributed by atoms with Gasteiger partial charge in [-0.15, -0.1) is 0 Å². The lowest BCUT2D eigenvalue weighted by molar-refractivity contribution is 0.406. The molecule has 4 heteroatoms. The lowest BCUT2D eigenvalue weighted by atomic mass is 10.1. The molecular formula is C17H14O4. The Balaban J connectivity index is 1.94. The zero-order valence-electron chi connectivity index (χ0n) is 11.2. The van der Waals surface area contributed by atoms with Gasteiger partial charge in [-0.2, -0.15) is 0 Å². The number of phenolic OH excluding ortho intramolecular Hbond substituents is 2. The summed E-state index contributed by atoms with van der Waals surface area (Å²) < 4.78 is 5.63. The van der Waals surface area contributed by atoms with Crippen LogP contribution in [-0.4, -0.2) is 10.2 Å². The number of fused-ring (bicyclic) bond motifs is 1. The first kappa shape index (κ1) is 13.2. The fourth-order valence-electron chi connectivity index (χ4n) is 2.31. The minimum Gasteiger partial charge on any atom is -0.504 e. The first-order valence-corrected chi connectivity index (χ1v) is 6.67. The van der Waals surface area contributed by atoms with Crippen LogP contribution in [-0.2, 0) is 12.8 Å². The van der Waals surface area contributed by atoms with Crippen molar-refractivity contribution in [3.63, 3.8) is 0 Å². The Morgan fingerprint density at radius 3 is 2.48 bits per heavy atom. The highest BCUT2D eigenvalue weighted by Gasteiger charge is 2.12. The summed E-state index contributed by atoms with van der Waals surface area (Å²) in [5, 5.41) is 19.2. The maximum absolute atomic E-state index is 12.1. The Hall–Kier alpha value is -2.75. The minimum atomic E-state index is -0.434. The molecule has 0 bridgehead atoms. The zero-order chi connectivity index (χ0) is 14.8. The van der Waals surface area contributed by atoms with E-state index in [1.165, 1.54) is 18.2 Å². The molecule has 0 saturated heterocycles. The Morgan fingerprint density at radius 2 is 1.71 bits per heavy atom. The molecule has 3 aromatic rings. The van der Waals surface area contributed by atoms with Crippen LogP contribution < -0.4 is 5.43 Å². The van der Waals surface area contributed by atoms with Crippen LogP contribution in [0.3, 0.4) is 0 Å². The molecule has 0 atom stereocenters. The van der Waals surface area contributed by atoms with E-state index in [1.807, 2.05) is 30.3 Å². The number of aromatic hydroxyl groups is 2. The molecule has 0 fully saturated rings. The third kappa shape index (κ3) is 2.60.